The molecule has 21 heavy (non-hydrogen) atoms. The third kappa shape index (κ3) is 7.24. The van der Waals surface area contributed by atoms with Gasteiger partial charge in [0.15, 0.2) is 0 Å². The number of carbonyl (C=O) groups is 1. The maximum atomic E-state index is 12.2. The van der Waals surface area contributed by atoms with Crippen LogP contribution in [0.25, 0.3) is 0 Å². The highest BCUT2D eigenvalue weighted by Crippen LogP contribution is 2.22. The molecule has 0 atom stereocenters. The van der Waals surface area contributed by atoms with Gasteiger partial charge in [0.2, 0.25) is 10.0 Å². The van der Waals surface area contributed by atoms with Gasteiger partial charge in [-0.15, -0.1) is 0 Å². The predicted octanol–water partition coefficient (Wildman–Crippen LogP) is 1.71. The number of piperidine rings is 1. The van der Waals surface area contributed by atoms with Crippen LogP contribution in [0.5, 0.6) is 0 Å². The zero-order chi connectivity index (χ0) is 16.1. The van der Waals surface area contributed by atoms with E-state index in [1.54, 1.807) is 0 Å². The molecule has 0 unspecified atom stereocenters. The molecule has 0 aliphatic carbocycles. The third-order valence-electron chi connectivity index (χ3n) is 3.57. The lowest BCUT2D eigenvalue weighted by molar-refractivity contribution is -0.138. The summed E-state index contributed by atoms with van der Waals surface area (Å²) in [5.74, 6) is -0.696. The van der Waals surface area contributed by atoms with Gasteiger partial charge in [-0.25, -0.2) is 12.7 Å². The molecule has 1 rings (SSSR count). The van der Waals surface area contributed by atoms with Crippen molar-refractivity contribution in [3.05, 3.63) is 0 Å². The van der Waals surface area contributed by atoms with E-state index in [1.165, 1.54) is 4.31 Å². The molecule has 1 fully saturated rings. The van der Waals surface area contributed by atoms with Crippen molar-refractivity contribution in [3.8, 4) is 0 Å². The van der Waals surface area contributed by atoms with Crippen LogP contribution >= 0.6 is 0 Å². The van der Waals surface area contributed by atoms with Gasteiger partial charge in [-0.05, 0) is 24.7 Å². The summed E-state index contributed by atoms with van der Waals surface area (Å²) >= 11 is 0. The fraction of sp³-hybridized carbons (Fsp3) is 0.929. The second-order valence-electron chi connectivity index (χ2n) is 6.74. The molecule has 0 spiro atoms. The van der Waals surface area contributed by atoms with Crippen molar-refractivity contribution in [3.63, 3.8) is 0 Å². The Kier molecular flexibility index (Phi) is 6.62. The van der Waals surface area contributed by atoms with Crippen molar-refractivity contribution >= 4 is 16.0 Å². The first-order valence-corrected chi connectivity index (χ1v) is 9.02. The van der Waals surface area contributed by atoms with Gasteiger partial charge in [-0.3, -0.25) is 4.79 Å². The largest absolute Gasteiger partial charge is 0.481 e. The molecule has 0 aromatic carbocycles. The summed E-state index contributed by atoms with van der Waals surface area (Å²) in [5, 5.41) is 8.55. The van der Waals surface area contributed by atoms with E-state index < -0.39 is 16.0 Å². The van der Waals surface area contributed by atoms with Gasteiger partial charge in [-0.2, -0.15) is 0 Å². The van der Waals surface area contributed by atoms with E-state index in [0.29, 0.717) is 32.4 Å². The molecule has 0 radical (unpaired) electrons. The van der Waals surface area contributed by atoms with Gasteiger partial charge in [0.1, 0.15) is 0 Å². The van der Waals surface area contributed by atoms with Crippen LogP contribution in [0.1, 0.15) is 46.5 Å². The molecular formula is C14H27NO5S. The normalized spacial score (nSPS) is 18.8. The van der Waals surface area contributed by atoms with Crippen molar-refractivity contribution in [2.45, 2.75) is 52.6 Å². The van der Waals surface area contributed by atoms with Gasteiger partial charge in [0.25, 0.3) is 0 Å². The van der Waals surface area contributed by atoms with Gasteiger partial charge in [0, 0.05) is 13.1 Å². The molecule has 1 N–H and O–H groups in total. The quantitative estimate of drug-likeness (QED) is 0.771. The molecule has 0 aromatic rings. The van der Waals surface area contributed by atoms with Gasteiger partial charge >= 0.3 is 5.97 Å². The SMILES string of the molecule is CC(C)(C)CCS(=O)(=O)N1CCC(OCCC(=O)O)CC1. The van der Waals surface area contributed by atoms with Crippen LogP contribution in [-0.4, -0.2) is 55.4 Å². The average molecular weight is 321 g/mol. The lowest BCUT2D eigenvalue weighted by Gasteiger charge is -2.31. The van der Waals surface area contributed by atoms with Crippen LogP contribution in [0.2, 0.25) is 0 Å². The maximum Gasteiger partial charge on any atom is 0.305 e. The first kappa shape index (κ1) is 18.4. The Hall–Kier alpha value is -0.660. The van der Waals surface area contributed by atoms with Crippen molar-refractivity contribution in [2.75, 3.05) is 25.4 Å². The number of nitrogens with zero attached hydrogens (tertiary/aromatic N) is 1. The standard InChI is InChI=1S/C14H27NO5S/c1-14(2,3)7-11-21(18,19)15-8-4-12(5-9-15)20-10-6-13(16)17/h12H,4-11H2,1-3H3,(H,16,17). The zero-order valence-electron chi connectivity index (χ0n) is 13.2. The fourth-order valence-corrected chi connectivity index (χ4v) is 4.05. The Morgan fingerprint density at radius 1 is 1.29 bits per heavy atom. The van der Waals surface area contributed by atoms with Crippen LogP contribution < -0.4 is 0 Å². The molecule has 6 nitrogen and oxygen atoms in total. The summed E-state index contributed by atoms with van der Waals surface area (Å²) in [5.41, 5.74) is 0.00529. The Bertz CT molecular complexity index is 433. The van der Waals surface area contributed by atoms with Crippen LogP contribution in [0, 0.1) is 5.41 Å². The lowest BCUT2D eigenvalue weighted by Crippen LogP contribution is -2.42. The third-order valence-corrected chi connectivity index (χ3v) is 5.45. The highest BCUT2D eigenvalue weighted by atomic mass is 32.2. The molecule has 7 heteroatoms. The number of ether oxygens (including phenoxy) is 1. The Labute approximate surface area is 127 Å². The first-order valence-electron chi connectivity index (χ1n) is 7.41. The fourth-order valence-electron chi connectivity index (χ4n) is 2.15. The van der Waals surface area contributed by atoms with E-state index in [1.807, 2.05) is 20.8 Å². The molecule has 0 aromatic heterocycles. The number of carboxylic acid groups (broad SMARTS) is 1. The zero-order valence-corrected chi connectivity index (χ0v) is 14.0. The highest BCUT2D eigenvalue weighted by molar-refractivity contribution is 7.89. The Morgan fingerprint density at radius 2 is 1.86 bits per heavy atom. The summed E-state index contributed by atoms with van der Waals surface area (Å²) in [6, 6.07) is 0. The molecule has 124 valence electrons. The van der Waals surface area contributed by atoms with Gasteiger partial charge in [-0.1, -0.05) is 20.8 Å². The topological polar surface area (TPSA) is 83.9 Å². The molecular weight excluding hydrogens is 294 g/mol. The van der Waals surface area contributed by atoms with Crippen molar-refractivity contribution in [1.29, 1.82) is 0 Å². The van der Waals surface area contributed by atoms with Crippen molar-refractivity contribution in [1.82, 2.24) is 4.31 Å². The van der Waals surface area contributed by atoms with Gasteiger partial charge in [0.05, 0.1) is 24.9 Å². The number of aliphatic carboxylic acids is 1. The molecule has 0 amide bonds. The minimum Gasteiger partial charge on any atom is -0.481 e. The van der Waals surface area contributed by atoms with E-state index in [9.17, 15) is 13.2 Å². The second-order valence-corrected chi connectivity index (χ2v) is 8.83. The number of carboxylic acids is 1. The minimum absolute atomic E-state index is 0.00529. The van der Waals surface area contributed by atoms with Crippen LogP contribution in [0.3, 0.4) is 0 Å². The maximum absolute atomic E-state index is 12.2. The van der Waals surface area contributed by atoms with E-state index >= 15 is 0 Å². The van der Waals surface area contributed by atoms with Crippen molar-refractivity contribution in [2.24, 2.45) is 5.41 Å². The number of hydrogen-bond donors (Lipinski definition) is 1. The first-order chi connectivity index (χ1) is 9.60. The molecule has 0 bridgehead atoms. The van der Waals surface area contributed by atoms with Crippen LogP contribution in [-0.2, 0) is 19.6 Å². The molecule has 1 aliphatic rings. The summed E-state index contributed by atoms with van der Waals surface area (Å²) < 4.78 is 31.5. The van der Waals surface area contributed by atoms with E-state index in [4.69, 9.17) is 9.84 Å². The van der Waals surface area contributed by atoms with Crippen LogP contribution in [0.4, 0.5) is 0 Å². The molecule has 1 saturated heterocycles. The smallest absolute Gasteiger partial charge is 0.305 e. The van der Waals surface area contributed by atoms with Crippen LogP contribution in [0.15, 0.2) is 0 Å². The van der Waals surface area contributed by atoms with E-state index in [0.717, 1.165) is 0 Å². The molecule has 0 saturated carbocycles. The second kappa shape index (κ2) is 7.56. The number of rotatable bonds is 7. The minimum atomic E-state index is -3.19. The summed E-state index contributed by atoms with van der Waals surface area (Å²) in [6.45, 7) is 7.21. The molecule has 1 heterocycles. The predicted molar refractivity (Wildman–Crippen MR) is 80.7 cm³/mol. The average Bonchev–Trinajstić information content (AvgIpc) is 2.36. The molecule has 1 aliphatic heterocycles. The van der Waals surface area contributed by atoms with E-state index in [-0.39, 0.29) is 30.3 Å². The summed E-state index contributed by atoms with van der Waals surface area (Å²) in [6.07, 6.45) is 1.87. The van der Waals surface area contributed by atoms with E-state index in [2.05, 4.69) is 0 Å². The Morgan fingerprint density at radius 3 is 2.33 bits per heavy atom. The monoisotopic (exact) mass is 321 g/mol. The lowest BCUT2D eigenvalue weighted by atomic mass is 9.94. The summed E-state index contributed by atoms with van der Waals surface area (Å²) in [4.78, 5) is 10.4. The number of sulfonamides is 1. The highest BCUT2D eigenvalue weighted by Gasteiger charge is 2.29. The van der Waals surface area contributed by atoms with Gasteiger partial charge < -0.3 is 9.84 Å². The van der Waals surface area contributed by atoms with Crippen molar-refractivity contribution < 1.29 is 23.1 Å². The summed E-state index contributed by atoms with van der Waals surface area (Å²) in [7, 11) is -3.19. The number of hydrogen-bond acceptors (Lipinski definition) is 4. The Balaban J connectivity index is 2.36.